The molecule has 0 aromatic carbocycles. The van der Waals surface area contributed by atoms with Crippen LogP contribution >= 0.6 is 0 Å². The van der Waals surface area contributed by atoms with Crippen LogP contribution < -0.4 is 0 Å². The Kier molecular flexibility index (Phi) is 3.26. The number of aliphatic hydroxyl groups is 1. The summed E-state index contributed by atoms with van der Waals surface area (Å²) in [5.41, 5.74) is 0.834. The van der Waals surface area contributed by atoms with Gasteiger partial charge in [0.1, 0.15) is 6.10 Å². The molecular formula is C14H17NO. The Labute approximate surface area is 96.6 Å². The summed E-state index contributed by atoms with van der Waals surface area (Å²) in [6.07, 6.45) is 14.4. The monoisotopic (exact) mass is 215 g/mol. The number of rotatable bonds is 2. The molecule has 2 heteroatoms. The predicted molar refractivity (Wildman–Crippen MR) is 63.5 cm³/mol. The first-order valence-electron chi connectivity index (χ1n) is 5.91. The van der Waals surface area contributed by atoms with Crippen LogP contribution in [0.3, 0.4) is 0 Å². The van der Waals surface area contributed by atoms with E-state index in [4.69, 9.17) is 5.26 Å². The Morgan fingerprint density at radius 2 is 2.06 bits per heavy atom. The van der Waals surface area contributed by atoms with E-state index in [1.807, 2.05) is 18.2 Å². The van der Waals surface area contributed by atoms with Gasteiger partial charge in [-0.2, -0.15) is 5.26 Å². The van der Waals surface area contributed by atoms with Crippen molar-refractivity contribution in [3.63, 3.8) is 0 Å². The Morgan fingerprint density at radius 1 is 1.31 bits per heavy atom. The van der Waals surface area contributed by atoms with Crippen molar-refractivity contribution in [2.24, 2.45) is 5.41 Å². The van der Waals surface area contributed by atoms with Crippen molar-refractivity contribution in [1.82, 2.24) is 0 Å². The molecule has 1 unspecified atom stereocenters. The van der Waals surface area contributed by atoms with Gasteiger partial charge in [-0.05, 0) is 24.8 Å². The van der Waals surface area contributed by atoms with Gasteiger partial charge in [-0.1, -0.05) is 43.2 Å². The van der Waals surface area contributed by atoms with Crippen LogP contribution in [0.15, 0.2) is 36.0 Å². The van der Waals surface area contributed by atoms with Crippen molar-refractivity contribution in [3.8, 4) is 6.07 Å². The second-order valence-corrected chi connectivity index (χ2v) is 4.58. The molecule has 84 valence electrons. The zero-order valence-electron chi connectivity index (χ0n) is 9.39. The first-order valence-corrected chi connectivity index (χ1v) is 5.91. The lowest BCUT2D eigenvalue weighted by atomic mass is 9.73. The minimum Gasteiger partial charge on any atom is -0.377 e. The fourth-order valence-electron chi connectivity index (χ4n) is 2.80. The van der Waals surface area contributed by atoms with Crippen LogP contribution in [0, 0.1) is 16.7 Å². The molecule has 16 heavy (non-hydrogen) atoms. The largest absolute Gasteiger partial charge is 0.377 e. The summed E-state index contributed by atoms with van der Waals surface area (Å²) in [7, 11) is 0. The molecule has 1 saturated carbocycles. The molecule has 0 bridgehead atoms. The van der Waals surface area contributed by atoms with Crippen molar-refractivity contribution >= 4 is 0 Å². The van der Waals surface area contributed by atoms with Crippen LogP contribution in [0.1, 0.15) is 32.1 Å². The maximum absolute atomic E-state index is 10.00. The van der Waals surface area contributed by atoms with Crippen LogP contribution in [0.25, 0.3) is 0 Å². The van der Waals surface area contributed by atoms with Gasteiger partial charge in [-0.25, -0.2) is 0 Å². The normalized spacial score (nSPS) is 24.6. The summed E-state index contributed by atoms with van der Waals surface area (Å²) in [6.45, 7) is 0. The molecule has 1 fully saturated rings. The highest BCUT2D eigenvalue weighted by Gasteiger charge is 2.42. The Morgan fingerprint density at radius 3 is 2.75 bits per heavy atom. The van der Waals surface area contributed by atoms with E-state index in [1.165, 1.54) is 0 Å². The Balaban J connectivity index is 2.33. The first-order chi connectivity index (χ1) is 7.79. The molecule has 2 rings (SSSR count). The lowest BCUT2D eigenvalue weighted by molar-refractivity contribution is 0.104. The molecule has 0 saturated heterocycles. The molecule has 1 atom stereocenters. The molecule has 2 aliphatic rings. The van der Waals surface area contributed by atoms with E-state index >= 15 is 0 Å². The number of nitrogens with zero attached hydrogens (tertiary/aromatic N) is 1. The van der Waals surface area contributed by atoms with E-state index in [-0.39, 0.29) is 5.41 Å². The molecule has 0 amide bonds. The summed E-state index contributed by atoms with van der Waals surface area (Å²) in [5, 5.41) is 19.0. The fourth-order valence-corrected chi connectivity index (χ4v) is 2.80. The van der Waals surface area contributed by atoms with Crippen LogP contribution in [0.4, 0.5) is 0 Å². The minimum atomic E-state index is -0.871. The van der Waals surface area contributed by atoms with E-state index in [0.29, 0.717) is 0 Å². The van der Waals surface area contributed by atoms with Crippen LogP contribution in [-0.2, 0) is 0 Å². The van der Waals surface area contributed by atoms with Gasteiger partial charge in [0, 0.05) is 5.41 Å². The summed E-state index contributed by atoms with van der Waals surface area (Å²) < 4.78 is 0. The highest BCUT2D eigenvalue weighted by atomic mass is 16.3. The molecule has 1 N–H and O–H groups in total. The molecule has 0 heterocycles. The topological polar surface area (TPSA) is 44.0 Å². The maximum Gasteiger partial charge on any atom is 0.150 e. The number of hydrogen-bond donors (Lipinski definition) is 1. The van der Waals surface area contributed by atoms with Crippen LogP contribution in [0.2, 0.25) is 0 Å². The summed E-state index contributed by atoms with van der Waals surface area (Å²) in [4.78, 5) is 0. The Bertz CT molecular complexity index is 378. The smallest absolute Gasteiger partial charge is 0.150 e. The lowest BCUT2D eigenvalue weighted by Crippen LogP contribution is -2.33. The van der Waals surface area contributed by atoms with Gasteiger partial charge in [0.2, 0.25) is 0 Å². The van der Waals surface area contributed by atoms with Gasteiger partial charge in [0.25, 0.3) is 0 Å². The van der Waals surface area contributed by atoms with E-state index in [0.717, 1.165) is 37.7 Å². The van der Waals surface area contributed by atoms with E-state index in [2.05, 4.69) is 18.2 Å². The van der Waals surface area contributed by atoms with Crippen LogP contribution in [-0.4, -0.2) is 11.2 Å². The van der Waals surface area contributed by atoms with E-state index in [9.17, 15) is 5.11 Å². The maximum atomic E-state index is 10.00. The van der Waals surface area contributed by atoms with Crippen molar-refractivity contribution in [3.05, 3.63) is 36.0 Å². The molecule has 0 aromatic rings. The van der Waals surface area contributed by atoms with Gasteiger partial charge in [0.15, 0.2) is 0 Å². The van der Waals surface area contributed by atoms with Crippen molar-refractivity contribution in [2.45, 2.75) is 38.2 Å². The predicted octanol–water partition coefficient (Wildman–Crippen LogP) is 2.87. The zero-order chi connectivity index (χ0) is 11.4. The third kappa shape index (κ3) is 1.83. The first kappa shape index (κ1) is 11.2. The van der Waals surface area contributed by atoms with Gasteiger partial charge in [0.05, 0.1) is 6.07 Å². The molecule has 0 aromatic heterocycles. The van der Waals surface area contributed by atoms with Gasteiger partial charge < -0.3 is 5.11 Å². The van der Waals surface area contributed by atoms with Gasteiger partial charge >= 0.3 is 0 Å². The quantitative estimate of drug-likeness (QED) is 0.720. The second kappa shape index (κ2) is 4.67. The fraction of sp³-hybridized carbons (Fsp3) is 0.500. The average Bonchev–Trinajstić information content (AvgIpc) is 2.65. The van der Waals surface area contributed by atoms with Gasteiger partial charge in [-0.15, -0.1) is 0 Å². The van der Waals surface area contributed by atoms with Crippen molar-refractivity contribution < 1.29 is 5.11 Å². The number of aliphatic hydroxyl groups excluding tert-OH is 1. The van der Waals surface area contributed by atoms with E-state index < -0.39 is 6.10 Å². The molecule has 2 nitrogen and oxygen atoms in total. The molecule has 2 aliphatic carbocycles. The molecule has 0 spiro atoms. The third-order valence-corrected chi connectivity index (χ3v) is 3.71. The highest BCUT2D eigenvalue weighted by Crippen LogP contribution is 2.47. The molecular weight excluding hydrogens is 198 g/mol. The third-order valence-electron chi connectivity index (χ3n) is 3.71. The number of hydrogen-bond acceptors (Lipinski definition) is 2. The van der Waals surface area contributed by atoms with Gasteiger partial charge in [-0.3, -0.25) is 0 Å². The summed E-state index contributed by atoms with van der Waals surface area (Å²) in [6, 6.07) is 2.03. The number of nitriles is 1. The zero-order valence-corrected chi connectivity index (χ0v) is 9.39. The van der Waals surface area contributed by atoms with Crippen molar-refractivity contribution in [2.75, 3.05) is 0 Å². The van der Waals surface area contributed by atoms with E-state index in [1.54, 1.807) is 0 Å². The van der Waals surface area contributed by atoms with Crippen LogP contribution in [0.5, 0.6) is 0 Å². The molecule has 0 aliphatic heterocycles. The second-order valence-electron chi connectivity index (χ2n) is 4.58. The Hall–Kier alpha value is -1.33. The highest BCUT2D eigenvalue weighted by molar-refractivity contribution is 5.35. The average molecular weight is 215 g/mol. The minimum absolute atomic E-state index is 0.308. The summed E-state index contributed by atoms with van der Waals surface area (Å²) >= 11 is 0. The standard InChI is InChI=1S/C14H17NO/c15-11-13(16)14(9-5-6-10-14)12-7-3-1-2-4-8-12/h1-3,7-8,13,16H,4-6,9-10H2. The lowest BCUT2D eigenvalue weighted by Gasteiger charge is -2.32. The summed E-state index contributed by atoms with van der Waals surface area (Å²) in [5.74, 6) is 0. The van der Waals surface area contributed by atoms with Crippen molar-refractivity contribution in [1.29, 1.82) is 5.26 Å². The number of allylic oxidation sites excluding steroid dienone is 5. The SMILES string of the molecule is N#CC(O)C1(C2=CCC=CC=C2)CCCC1. The molecule has 0 radical (unpaired) electrons.